The summed E-state index contributed by atoms with van der Waals surface area (Å²) in [6.07, 6.45) is 0.435. The molecule has 1 fully saturated rings. The molecule has 1 unspecified atom stereocenters. The number of hydrogen-bond donors (Lipinski definition) is 2. The molecule has 0 spiro atoms. The predicted molar refractivity (Wildman–Crippen MR) is 88.5 cm³/mol. The number of anilines is 1. The Balaban J connectivity index is 2.08. The zero-order valence-electron chi connectivity index (χ0n) is 13.1. The van der Waals surface area contributed by atoms with E-state index in [9.17, 15) is 4.79 Å². The van der Waals surface area contributed by atoms with Crippen LogP contribution in [0.2, 0.25) is 0 Å². The average Bonchev–Trinajstić information content (AvgIpc) is 2.55. The first-order chi connectivity index (χ1) is 10.7. The first-order valence-corrected chi connectivity index (χ1v) is 8.24. The van der Waals surface area contributed by atoms with Gasteiger partial charge in [0.25, 0.3) is 0 Å². The van der Waals surface area contributed by atoms with Gasteiger partial charge in [-0.25, -0.2) is 0 Å². The number of thioether (sulfide) groups is 1. The Morgan fingerprint density at radius 2 is 1.91 bits per heavy atom. The molecular weight excluding hydrogens is 304 g/mol. The van der Waals surface area contributed by atoms with Crippen LogP contribution in [0.3, 0.4) is 0 Å². The van der Waals surface area contributed by atoms with Crippen LogP contribution in [0.1, 0.15) is 6.42 Å². The van der Waals surface area contributed by atoms with E-state index in [-0.39, 0.29) is 11.9 Å². The first kappa shape index (κ1) is 16.8. The van der Waals surface area contributed by atoms with Gasteiger partial charge in [0.05, 0.1) is 27.0 Å². The van der Waals surface area contributed by atoms with Gasteiger partial charge in [-0.05, 0) is 0 Å². The molecule has 6 nitrogen and oxygen atoms in total. The molecule has 2 N–H and O–H groups in total. The maximum Gasteiger partial charge on any atom is 0.226 e. The lowest BCUT2D eigenvalue weighted by atomic mass is 10.2. The largest absolute Gasteiger partial charge is 0.494 e. The van der Waals surface area contributed by atoms with Crippen LogP contribution in [-0.2, 0) is 4.79 Å². The summed E-state index contributed by atoms with van der Waals surface area (Å²) in [5, 5.41) is 6.23. The van der Waals surface area contributed by atoms with E-state index in [1.54, 1.807) is 33.5 Å². The molecule has 0 bridgehead atoms. The van der Waals surface area contributed by atoms with Crippen molar-refractivity contribution in [2.45, 2.75) is 12.5 Å². The maximum atomic E-state index is 12.2. The van der Waals surface area contributed by atoms with Crippen molar-refractivity contribution in [3.05, 3.63) is 12.1 Å². The van der Waals surface area contributed by atoms with Gasteiger partial charge < -0.3 is 24.8 Å². The minimum Gasteiger partial charge on any atom is -0.494 e. The van der Waals surface area contributed by atoms with Gasteiger partial charge >= 0.3 is 0 Å². The van der Waals surface area contributed by atoms with Gasteiger partial charge in [0, 0.05) is 42.6 Å². The molecule has 2 rings (SSSR count). The van der Waals surface area contributed by atoms with Crippen LogP contribution in [0.25, 0.3) is 0 Å². The number of benzene rings is 1. The molecule has 1 heterocycles. The average molecular weight is 326 g/mol. The summed E-state index contributed by atoms with van der Waals surface area (Å²) in [6, 6.07) is 3.62. The highest BCUT2D eigenvalue weighted by Crippen LogP contribution is 2.37. The van der Waals surface area contributed by atoms with Crippen molar-refractivity contribution in [2.24, 2.45) is 0 Å². The van der Waals surface area contributed by atoms with Gasteiger partial charge in [-0.1, -0.05) is 0 Å². The molecule has 1 amide bonds. The van der Waals surface area contributed by atoms with Crippen molar-refractivity contribution in [2.75, 3.05) is 44.7 Å². The quantitative estimate of drug-likeness (QED) is 0.830. The zero-order valence-corrected chi connectivity index (χ0v) is 13.9. The van der Waals surface area contributed by atoms with E-state index < -0.39 is 0 Å². The molecule has 22 heavy (non-hydrogen) atoms. The van der Waals surface area contributed by atoms with Gasteiger partial charge in [0.1, 0.15) is 5.75 Å². The van der Waals surface area contributed by atoms with Gasteiger partial charge in [-0.15, -0.1) is 0 Å². The lowest BCUT2D eigenvalue weighted by Gasteiger charge is -2.22. The van der Waals surface area contributed by atoms with Crippen LogP contribution >= 0.6 is 11.8 Å². The molecule has 1 aliphatic heterocycles. The summed E-state index contributed by atoms with van der Waals surface area (Å²) in [5.41, 5.74) is 0.577. The molecular formula is C15H22N2O4S. The van der Waals surface area contributed by atoms with Crippen molar-refractivity contribution in [1.82, 2.24) is 5.32 Å². The Hall–Kier alpha value is -1.60. The Morgan fingerprint density at radius 3 is 2.50 bits per heavy atom. The van der Waals surface area contributed by atoms with Crippen molar-refractivity contribution in [3.8, 4) is 17.2 Å². The predicted octanol–water partition coefficient (Wildman–Crippen LogP) is 1.75. The van der Waals surface area contributed by atoms with Crippen LogP contribution in [0, 0.1) is 0 Å². The third-order valence-corrected chi connectivity index (χ3v) is 4.54. The number of hydrogen-bond acceptors (Lipinski definition) is 6. The topological polar surface area (TPSA) is 68.8 Å². The van der Waals surface area contributed by atoms with Crippen LogP contribution in [0.15, 0.2) is 12.1 Å². The van der Waals surface area contributed by atoms with E-state index in [1.807, 2.05) is 11.8 Å². The molecule has 0 radical (unpaired) electrons. The SMILES string of the molecule is COc1cc(OC)c(OC)cc1NC(=O)CC1CSCCN1. The molecule has 1 aromatic carbocycles. The second kappa shape index (κ2) is 8.14. The van der Waals surface area contributed by atoms with Gasteiger partial charge in [-0.2, -0.15) is 11.8 Å². The number of rotatable bonds is 6. The smallest absolute Gasteiger partial charge is 0.226 e. The molecule has 1 atom stereocenters. The second-order valence-electron chi connectivity index (χ2n) is 4.89. The minimum atomic E-state index is -0.0504. The summed E-state index contributed by atoms with van der Waals surface area (Å²) >= 11 is 1.87. The molecule has 0 saturated carbocycles. The van der Waals surface area contributed by atoms with Crippen molar-refractivity contribution >= 4 is 23.4 Å². The van der Waals surface area contributed by atoms with Crippen LogP contribution < -0.4 is 24.8 Å². The Bertz CT molecular complexity index is 519. The maximum absolute atomic E-state index is 12.2. The summed E-state index contributed by atoms with van der Waals surface area (Å²) in [6.45, 7) is 0.947. The molecule has 1 aliphatic rings. The molecule has 122 valence electrons. The molecule has 0 aromatic heterocycles. The molecule has 1 saturated heterocycles. The molecule has 0 aliphatic carbocycles. The number of carbonyl (C=O) groups is 1. The van der Waals surface area contributed by atoms with Crippen LogP contribution in [0.5, 0.6) is 17.2 Å². The Labute approximate surface area is 134 Å². The Morgan fingerprint density at radius 1 is 1.23 bits per heavy atom. The van der Waals surface area contributed by atoms with Crippen LogP contribution in [0.4, 0.5) is 5.69 Å². The number of amides is 1. The third kappa shape index (κ3) is 4.20. The zero-order chi connectivity index (χ0) is 15.9. The van der Waals surface area contributed by atoms with Gasteiger partial charge in [0.2, 0.25) is 5.91 Å². The summed E-state index contributed by atoms with van der Waals surface area (Å²) in [7, 11) is 4.66. The summed E-state index contributed by atoms with van der Waals surface area (Å²) in [4.78, 5) is 12.2. The van der Waals surface area contributed by atoms with Crippen LogP contribution in [-0.4, -0.2) is 51.3 Å². The second-order valence-corrected chi connectivity index (χ2v) is 6.04. The highest BCUT2D eigenvalue weighted by Gasteiger charge is 2.19. The first-order valence-electron chi connectivity index (χ1n) is 7.09. The van der Waals surface area contributed by atoms with Gasteiger partial charge in [-0.3, -0.25) is 4.79 Å². The number of ether oxygens (including phenoxy) is 3. The number of carbonyl (C=O) groups excluding carboxylic acids is 1. The van der Waals surface area contributed by atoms with E-state index in [0.29, 0.717) is 29.4 Å². The van der Waals surface area contributed by atoms with Crippen molar-refractivity contribution in [3.63, 3.8) is 0 Å². The van der Waals surface area contributed by atoms with E-state index in [4.69, 9.17) is 14.2 Å². The van der Waals surface area contributed by atoms with Crippen molar-refractivity contribution in [1.29, 1.82) is 0 Å². The third-order valence-electron chi connectivity index (χ3n) is 3.41. The highest BCUT2D eigenvalue weighted by molar-refractivity contribution is 7.99. The molecule has 1 aromatic rings. The minimum absolute atomic E-state index is 0.0504. The fraction of sp³-hybridized carbons (Fsp3) is 0.533. The van der Waals surface area contributed by atoms with E-state index in [2.05, 4.69) is 10.6 Å². The molecule has 7 heteroatoms. The van der Waals surface area contributed by atoms with Gasteiger partial charge in [0.15, 0.2) is 11.5 Å². The van der Waals surface area contributed by atoms with E-state index >= 15 is 0 Å². The van der Waals surface area contributed by atoms with E-state index in [1.165, 1.54) is 0 Å². The fourth-order valence-corrected chi connectivity index (χ4v) is 3.25. The Kier molecular flexibility index (Phi) is 6.21. The lowest BCUT2D eigenvalue weighted by Crippen LogP contribution is -2.39. The lowest BCUT2D eigenvalue weighted by molar-refractivity contribution is -0.116. The fourth-order valence-electron chi connectivity index (χ4n) is 2.30. The summed E-state index contributed by atoms with van der Waals surface area (Å²) < 4.78 is 15.8. The number of methoxy groups -OCH3 is 3. The summed E-state index contributed by atoms with van der Waals surface area (Å²) in [5.74, 6) is 3.65. The highest BCUT2D eigenvalue weighted by atomic mass is 32.2. The monoisotopic (exact) mass is 326 g/mol. The van der Waals surface area contributed by atoms with E-state index in [0.717, 1.165) is 18.1 Å². The number of nitrogens with one attached hydrogen (secondary N) is 2. The standard InChI is InChI=1S/C15H22N2O4S/c1-19-12-8-14(21-3)13(20-2)7-11(12)17-15(18)6-10-9-22-5-4-16-10/h7-8,10,16H,4-6,9H2,1-3H3,(H,17,18). The van der Waals surface area contributed by atoms with Crippen molar-refractivity contribution < 1.29 is 19.0 Å². The normalized spacial score (nSPS) is 17.7.